The molecule has 0 bridgehead atoms. The lowest BCUT2D eigenvalue weighted by atomic mass is 10.1. The van der Waals surface area contributed by atoms with Gasteiger partial charge >= 0.3 is 0 Å². The van der Waals surface area contributed by atoms with Crippen LogP contribution in [0.2, 0.25) is 5.02 Å². The van der Waals surface area contributed by atoms with E-state index in [4.69, 9.17) is 16.3 Å². The topological polar surface area (TPSA) is 49.9 Å². The Morgan fingerprint density at radius 1 is 1.00 bits per heavy atom. The minimum Gasteiger partial charge on any atom is -0.493 e. The number of carbonyl (C=O) groups excluding carboxylic acids is 2. The van der Waals surface area contributed by atoms with Crippen molar-refractivity contribution < 1.29 is 18.7 Å². The van der Waals surface area contributed by atoms with Crippen LogP contribution in [0.5, 0.6) is 5.75 Å². The molecule has 1 fully saturated rings. The molecule has 1 saturated heterocycles. The number of rotatable bonds is 5. The second-order valence-corrected chi connectivity index (χ2v) is 7.66. The molecule has 2 amide bonds. The molecule has 5 nitrogen and oxygen atoms in total. The Balaban J connectivity index is 1.48. The van der Waals surface area contributed by atoms with Crippen molar-refractivity contribution in [2.24, 2.45) is 0 Å². The first-order valence-electron chi connectivity index (χ1n) is 9.56. The number of amides is 2. The molecule has 2 aromatic rings. The molecular weight excluding hydrogens is 395 g/mol. The molecule has 0 unspecified atom stereocenters. The van der Waals surface area contributed by atoms with Crippen molar-refractivity contribution >= 4 is 23.4 Å². The Labute approximate surface area is 175 Å². The van der Waals surface area contributed by atoms with Crippen molar-refractivity contribution in [2.45, 2.75) is 20.3 Å². The largest absolute Gasteiger partial charge is 0.493 e. The molecule has 7 heteroatoms. The van der Waals surface area contributed by atoms with Crippen LogP contribution in [-0.2, 0) is 4.79 Å². The van der Waals surface area contributed by atoms with Crippen LogP contribution in [0.25, 0.3) is 0 Å². The molecule has 1 aliphatic heterocycles. The molecule has 0 spiro atoms. The fraction of sp³-hybridized carbons (Fsp3) is 0.364. The minimum absolute atomic E-state index is 0.0181. The molecular formula is C22H24ClFN2O3. The van der Waals surface area contributed by atoms with E-state index in [0.717, 1.165) is 16.9 Å². The maximum absolute atomic E-state index is 13.9. The SMILES string of the molecule is Cc1cc(C)cc(OCCC(=O)N2CCN(C(=O)c3cc(Cl)ccc3F)CC2)c1. The van der Waals surface area contributed by atoms with Crippen LogP contribution in [0.4, 0.5) is 4.39 Å². The zero-order valence-electron chi connectivity index (χ0n) is 16.6. The smallest absolute Gasteiger partial charge is 0.257 e. The van der Waals surface area contributed by atoms with E-state index in [-0.39, 0.29) is 17.9 Å². The molecule has 1 aliphatic rings. The number of halogens is 2. The third-order valence-corrected chi connectivity index (χ3v) is 5.09. The van der Waals surface area contributed by atoms with Crippen LogP contribution in [0.1, 0.15) is 27.9 Å². The number of benzene rings is 2. The quantitative estimate of drug-likeness (QED) is 0.741. The van der Waals surface area contributed by atoms with Crippen LogP contribution in [0.15, 0.2) is 36.4 Å². The van der Waals surface area contributed by atoms with Gasteiger partial charge in [-0.2, -0.15) is 0 Å². The molecule has 0 saturated carbocycles. The van der Waals surface area contributed by atoms with Crippen molar-refractivity contribution in [1.82, 2.24) is 9.80 Å². The maximum atomic E-state index is 13.9. The van der Waals surface area contributed by atoms with Crippen LogP contribution in [0, 0.1) is 19.7 Å². The van der Waals surface area contributed by atoms with Gasteiger partial charge in [0.15, 0.2) is 0 Å². The molecule has 0 aromatic heterocycles. The number of ether oxygens (including phenoxy) is 1. The van der Waals surface area contributed by atoms with Gasteiger partial charge in [-0.05, 0) is 55.3 Å². The Morgan fingerprint density at radius 2 is 1.62 bits per heavy atom. The minimum atomic E-state index is -0.596. The van der Waals surface area contributed by atoms with E-state index >= 15 is 0 Å². The highest BCUT2D eigenvalue weighted by Gasteiger charge is 2.26. The van der Waals surface area contributed by atoms with Gasteiger partial charge in [0.25, 0.3) is 5.91 Å². The summed E-state index contributed by atoms with van der Waals surface area (Å²) in [5.41, 5.74) is 2.19. The predicted octanol–water partition coefficient (Wildman–Crippen LogP) is 3.85. The number of carbonyl (C=O) groups is 2. The summed E-state index contributed by atoms with van der Waals surface area (Å²) in [6, 6.07) is 9.87. The van der Waals surface area contributed by atoms with E-state index in [0.29, 0.717) is 37.8 Å². The first-order valence-corrected chi connectivity index (χ1v) is 9.94. The monoisotopic (exact) mass is 418 g/mol. The normalized spacial score (nSPS) is 14.1. The van der Waals surface area contributed by atoms with Gasteiger partial charge in [-0.1, -0.05) is 17.7 Å². The number of nitrogens with zero attached hydrogens (tertiary/aromatic N) is 2. The van der Waals surface area contributed by atoms with Gasteiger partial charge in [0.2, 0.25) is 5.91 Å². The van der Waals surface area contributed by atoms with Crippen LogP contribution in [0.3, 0.4) is 0 Å². The van der Waals surface area contributed by atoms with Gasteiger partial charge in [0, 0.05) is 31.2 Å². The van der Waals surface area contributed by atoms with Crippen LogP contribution < -0.4 is 4.74 Å². The predicted molar refractivity (Wildman–Crippen MR) is 110 cm³/mol. The Morgan fingerprint density at radius 3 is 2.28 bits per heavy atom. The zero-order valence-corrected chi connectivity index (χ0v) is 17.3. The molecule has 3 rings (SSSR count). The van der Waals surface area contributed by atoms with E-state index in [2.05, 4.69) is 6.07 Å². The summed E-state index contributed by atoms with van der Waals surface area (Å²) in [5, 5.41) is 0.312. The number of hydrogen-bond acceptors (Lipinski definition) is 3. The van der Waals surface area contributed by atoms with Gasteiger partial charge in [0.05, 0.1) is 18.6 Å². The average molecular weight is 419 g/mol. The zero-order chi connectivity index (χ0) is 21.0. The third kappa shape index (κ3) is 5.48. The van der Waals surface area contributed by atoms with E-state index in [9.17, 15) is 14.0 Å². The standard InChI is InChI=1S/C22H24ClFN2O3/c1-15-11-16(2)13-18(12-15)29-10-5-21(27)25-6-8-26(9-7-25)22(28)19-14-17(23)3-4-20(19)24/h3-4,11-14H,5-10H2,1-2H3. The van der Waals surface area contributed by atoms with Crippen LogP contribution in [-0.4, -0.2) is 54.4 Å². The maximum Gasteiger partial charge on any atom is 0.257 e. The molecule has 1 heterocycles. The van der Waals surface area contributed by atoms with Gasteiger partial charge in [-0.3, -0.25) is 9.59 Å². The molecule has 29 heavy (non-hydrogen) atoms. The summed E-state index contributed by atoms with van der Waals surface area (Å²) in [6.07, 6.45) is 0.268. The summed E-state index contributed by atoms with van der Waals surface area (Å²) in [7, 11) is 0. The molecule has 0 radical (unpaired) electrons. The van der Waals surface area contributed by atoms with E-state index in [1.807, 2.05) is 26.0 Å². The average Bonchev–Trinajstić information content (AvgIpc) is 2.68. The Kier molecular flexibility index (Phi) is 6.75. The van der Waals surface area contributed by atoms with E-state index < -0.39 is 11.7 Å². The second kappa shape index (κ2) is 9.27. The first-order chi connectivity index (χ1) is 13.8. The lowest BCUT2D eigenvalue weighted by molar-refractivity contribution is -0.133. The summed E-state index contributed by atoms with van der Waals surface area (Å²) >= 11 is 5.87. The first kappa shape index (κ1) is 21.1. The summed E-state index contributed by atoms with van der Waals surface area (Å²) in [4.78, 5) is 28.2. The highest BCUT2D eigenvalue weighted by atomic mass is 35.5. The summed E-state index contributed by atoms with van der Waals surface area (Å²) < 4.78 is 19.6. The van der Waals surface area contributed by atoms with Crippen molar-refractivity contribution in [3.8, 4) is 5.75 Å². The number of aryl methyl sites for hydroxylation is 2. The summed E-state index contributed by atoms with van der Waals surface area (Å²) in [6.45, 7) is 5.84. The van der Waals surface area contributed by atoms with Crippen molar-refractivity contribution in [3.05, 3.63) is 63.9 Å². The van der Waals surface area contributed by atoms with Gasteiger partial charge in [-0.25, -0.2) is 4.39 Å². The van der Waals surface area contributed by atoms with E-state index in [1.54, 1.807) is 9.80 Å². The fourth-order valence-electron chi connectivity index (χ4n) is 3.42. The Hall–Kier alpha value is -2.60. The summed E-state index contributed by atoms with van der Waals surface area (Å²) in [5.74, 6) is -0.263. The number of piperazine rings is 1. The molecule has 0 atom stereocenters. The third-order valence-electron chi connectivity index (χ3n) is 4.86. The lowest BCUT2D eigenvalue weighted by Crippen LogP contribution is -2.50. The van der Waals surface area contributed by atoms with Gasteiger partial charge in [-0.15, -0.1) is 0 Å². The Bertz CT molecular complexity index is 891. The van der Waals surface area contributed by atoms with Gasteiger partial charge < -0.3 is 14.5 Å². The number of hydrogen-bond donors (Lipinski definition) is 0. The fourth-order valence-corrected chi connectivity index (χ4v) is 3.59. The van der Waals surface area contributed by atoms with Crippen molar-refractivity contribution in [3.63, 3.8) is 0 Å². The molecule has 154 valence electrons. The molecule has 0 N–H and O–H groups in total. The van der Waals surface area contributed by atoms with Gasteiger partial charge in [0.1, 0.15) is 11.6 Å². The molecule has 2 aromatic carbocycles. The van der Waals surface area contributed by atoms with E-state index in [1.165, 1.54) is 18.2 Å². The second-order valence-electron chi connectivity index (χ2n) is 7.22. The van der Waals surface area contributed by atoms with Crippen molar-refractivity contribution in [1.29, 1.82) is 0 Å². The van der Waals surface area contributed by atoms with Crippen molar-refractivity contribution in [2.75, 3.05) is 32.8 Å². The van der Waals surface area contributed by atoms with Crippen LogP contribution >= 0.6 is 11.6 Å². The molecule has 0 aliphatic carbocycles. The highest BCUT2D eigenvalue weighted by Crippen LogP contribution is 2.19. The lowest BCUT2D eigenvalue weighted by Gasteiger charge is -2.35. The highest BCUT2D eigenvalue weighted by molar-refractivity contribution is 6.31.